The van der Waals surface area contributed by atoms with Crippen LogP contribution in [-0.4, -0.2) is 21.3 Å². The second-order valence-electron chi connectivity index (χ2n) is 1.40. The van der Waals surface area contributed by atoms with Crippen LogP contribution in [0.15, 0.2) is 0 Å². The van der Waals surface area contributed by atoms with Crippen molar-refractivity contribution in [2.75, 3.05) is 12.9 Å². The van der Waals surface area contributed by atoms with Gasteiger partial charge in [-0.05, 0) is 23.5 Å². The molecule has 5 heteroatoms. The third-order valence-electron chi connectivity index (χ3n) is 0.636. The minimum absolute atomic E-state index is 0.281. The van der Waals surface area contributed by atoms with E-state index in [-0.39, 0.29) is 6.61 Å². The van der Waals surface area contributed by atoms with E-state index in [4.69, 9.17) is 0 Å². The molecule has 0 spiro atoms. The number of hydrogen-bond acceptors (Lipinski definition) is 4. The van der Waals surface area contributed by atoms with E-state index >= 15 is 0 Å². The van der Waals surface area contributed by atoms with Crippen LogP contribution in [0.1, 0.15) is 13.3 Å². The predicted octanol–water partition coefficient (Wildman–Crippen LogP) is 1.02. The minimum Gasteiger partial charge on any atom is -0.262 e. The normalized spacial score (nSPS) is 11.8. The highest BCUT2D eigenvalue weighted by Crippen LogP contribution is 2.08. The zero-order valence-corrected chi connectivity index (χ0v) is 7.09. The van der Waals surface area contributed by atoms with E-state index in [1.807, 2.05) is 6.92 Å². The van der Waals surface area contributed by atoms with Gasteiger partial charge >= 0.3 is 9.15 Å². The summed E-state index contributed by atoms with van der Waals surface area (Å²) >= 11 is 0. The van der Waals surface area contributed by atoms with Crippen LogP contribution in [0.5, 0.6) is 0 Å². The lowest BCUT2D eigenvalue weighted by molar-refractivity contribution is 0.329. The summed E-state index contributed by atoms with van der Waals surface area (Å²) in [6, 6.07) is 0. The number of hydrogen-bond donors (Lipinski definition) is 0. The minimum atomic E-state index is -3.26. The molecule has 3 nitrogen and oxygen atoms in total. The molecular weight excluding hydrogens is 160 g/mol. The van der Waals surface area contributed by atoms with Crippen LogP contribution in [0.4, 0.5) is 0 Å². The molecular formula is C4H10O3S2. The topological polar surface area (TPSA) is 43.4 Å². The third kappa shape index (κ3) is 4.74. The predicted molar refractivity (Wildman–Crippen MR) is 38.7 cm³/mol. The molecule has 0 aliphatic rings. The lowest BCUT2D eigenvalue weighted by atomic mass is 10.5. The lowest BCUT2D eigenvalue weighted by Gasteiger charge is -1.97. The molecule has 0 saturated heterocycles. The molecule has 0 aromatic heterocycles. The van der Waals surface area contributed by atoms with Crippen molar-refractivity contribution in [3.63, 3.8) is 0 Å². The van der Waals surface area contributed by atoms with E-state index in [1.165, 1.54) is 6.26 Å². The molecule has 0 aliphatic heterocycles. The van der Waals surface area contributed by atoms with Gasteiger partial charge in [0, 0.05) is 0 Å². The molecule has 0 aromatic carbocycles. The van der Waals surface area contributed by atoms with Crippen LogP contribution in [0, 0.1) is 0 Å². The van der Waals surface area contributed by atoms with Gasteiger partial charge in [0.1, 0.15) is 0 Å². The van der Waals surface area contributed by atoms with E-state index in [9.17, 15) is 8.42 Å². The van der Waals surface area contributed by atoms with E-state index in [0.717, 1.165) is 17.2 Å². The van der Waals surface area contributed by atoms with Gasteiger partial charge in [0.2, 0.25) is 0 Å². The molecule has 0 heterocycles. The van der Waals surface area contributed by atoms with Crippen molar-refractivity contribution in [1.82, 2.24) is 0 Å². The zero-order valence-electron chi connectivity index (χ0n) is 5.46. The molecule has 0 aromatic rings. The Balaban J connectivity index is 3.61. The SMILES string of the molecule is CCCOS(=O)(=O)SC. The van der Waals surface area contributed by atoms with E-state index in [0.29, 0.717) is 0 Å². The first-order valence-electron chi connectivity index (χ1n) is 2.57. The summed E-state index contributed by atoms with van der Waals surface area (Å²) in [5.74, 6) is 0. The first-order valence-corrected chi connectivity index (χ1v) is 5.72. The van der Waals surface area contributed by atoms with Crippen molar-refractivity contribution < 1.29 is 12.6 Å². The molecule has 56 valence electrons. The third-order valence-corrected chi connectivity index (χ3v) is 3.01. The monoisotopic (exact) mass is 170 g/mol. The molecule has 0 N–H and O–H groups in total. The van der Waals surface area contributed by atoms with Gasteiger partial charge in [-0.1, -0.05) is 6.92 Å². The van der Waals surface area contributed by atoms with Crippen molar-refractivity contribution in [1.29, 1.82) is 0 Å². The van der Waals surface area contributed by atoms with E-state index in [2.05, 4.69) is 4.18 Å². The van der Waals surface area contributed by atoms with Crippen LogP contribution >= 0.6 is 10.8 Å². The summed E-state index contributed by atoms with van der Waals surface area (Å²) in [4.78, 5) is 0. The molecule has 0 saturated carbocycles. The quantitative estimate of drug-likeness (QED) is 0.591. The molecule has 0 rings (SSSR count). The van der Waals surface area contributed by atoms with E-state index < -0.39 is 9.15 Å². The maximum absolute atomic E-state index is 10.5. The summed E-state index contributed by atoms with van der Waals surface area (Å²) in [6.45, 7) is 2.14. The van der Waals surface area contributed by atoms with Gasteiger partial charge in [-0.2, -0.15) is 8.42 Å². The Bertz CT molecular complexity index is 149. The van der Waals surface area contributed by atoms with Crippen LogP contribution in [-0.2, 0) is 13.3 Å². The highest BCUT2D eigenvalue weighted by Gasteiger charge is 2.05. The maximum atomic E-state index is 10.5. The largest absolute Gasteiger partial charge is 0.321 e. The fourth-order valence-corrected chi connectivity index (χ4v) is 1.19. The Morgan fingerprint density at radius 3 is 2.44 bits per heavy atom. The molecule has 0 amide bonds. The first-order chi connectivity index (χ1) is 4.12. The van der Waals surface area contributed by atoms with Crippen LogP contribution in [0.2, 0.25) is 0 Å². The maximum Gasteiger partial charge on any atom is 0.321 e. The van der Waals surface area contributed by atoms with Gasteiger partial charge in [0.05, 0.1) is 6.61 Å². The molecule has 0 unspecified atom stereocenters. The van der Waals surface area contributed by atoms with Crippen molar-refractivity contribution in [2.24, 2.45) is 0 Å². The van der Waals surface area contributed by atoms with Gasteiger partial charge < -0.3 is 0 Å². The Morgan fingerprint density at radius 1 is 1.56 bits per heavy atom. The molecule has 0 radical (unpaired) electrons. The van der Waals surface area contributed by atoms with Crippen LogP contribution in [0.3, 0.4) is 0 Å². The van der Waals surface area contributed by atoms with Gasteiger partial charge in [-0.25, -0.2) is 0 Å². The van der Waals surface area contributed by atoms with Gasteiger partial charge in [0.25, 0.3) is 0 Å². The molecule has 0 aliphatic carbocycles. The highest BCUT2D eigenvalue weighted by atomic mass is 33.1. The van der Waals surface area contributed by atoms with Gasteiger partial charge in [-0.15, -0.1) is 0 Å². The Labute approximate surface area is 59.3 Å². The van der Waals surface area contributed by atoms with Gasteiger partial charge in [-0.3, -0.25) is 4.18 Å². The Hall–Kier alpha value is 0.260. The Kier molecular flexibility index (Phi) is 4.26. The summed E-state index contributed by atoms with van der Waals surface area (Å²) < 4.78 is 25.5. The standard InChI is InChI=1S/C4H10O3S2/c1-3-4-7-9(5,6)8-2/h3-4H2,1-2H3. The van der Waals surface area contributed by atoms with Gasteiger partial charge in [0.15, 0.2) is 0 Å². The second kappa shape index (κ2) is 4.14. The highest BCUT2D eigenvalue weighted by molar-refractivity contribution is 8.70. The fourth-order valence-electron chi connectivity index (χ4n) is 0.234. The zero-order chi connectivity index (χ0) is 7.33. The molecule has 0 bridgehead atoms. The van der Waals surface area contributed by atoms with Crippen molar-refractivity contribution in [3.05, 3.63) is 0 Å². The summed E-state index contributed by atoms with van der Waals surface area (Å²) in [5, 5.41) is 0. The molecule has 0 atom stereocenters. The van der Waals surface area contributed by atoms with Crippen LogP contribution < -0.4 is 0 Å². The smallest absolute Gasteiger partial charge is 0.262 e. The average Bonchev–Trinajstić information content (AvgIpc) is 1.84. The summed E-state index contributed by atoms with van der Waals surface area (Å²) in [7, 11) is -2.55. The molecule has 0 fully saturated rings. The summed E-state index contributed by atoms with van der Waals surface area (Å²) in [5.41, 5.74) is 0. The fraction of sp³-hybridized carbons (Fsp3) is 1.00. The second-order valence-corrected chi connectivity index (χ2v) is 5.01. The number of rotatable bonds is 4. The van der Waals surface area contributed by atoms with Crippen molar-refractivity contribution >= 4 is 19.9 Å². The van der Waals surface area contributed by atoms with Crippen molar-refractivity contribution in [3.8, 4) is 0 Å². The molecule has 9 heavy (non-hydrogen) atoms. The van der Waals surface area contributed by atoms with Crippen molar-refractivity contribution in [2.45, 2.75) is 13.3 Å². The Morgan fingerprint density at radius 2 is 2.11 bits per heavy atom. The lowest BCUT2D eigenvalue weighted by Crippen LogP contribution is -2.00. The summed E-state index contributed by atoms with van der Waals surface area (Å²) in [6.07, 6.45) is 2.20. The average molecular weight is 170 g/mol. The first kappa shape index (κ1) is 9.26. The van der Waals surface area contributed by atoms with Crippen LogP contribution in [0.25, 0.3) is 0 Å². The van der Waals surface area contributed by atoms with E-state index in [1.54, 1.807) is 0 Å².